The molecule has 1 aliphatic heterocycles. The van der Waals surface area contributed by atoms with E-state index in [1.807, 2.05) is 0 Å². The van der Waals surface area contributed by atoms with Gasteiger partial charge in [0.2, 0.25) is 11.8 Å². The lowest BCUT2D eigenvalue weighted by Gasteiger charge is -2.09. The van der Waals surface area contributed by atoms with Crippen molar-refractivity contribution in [2.45, 2.75) is 19.0 Å². The molecule has 2 amide bonds. The number of hydrogen-bond donors (Lipinski definition) is 2. The van der Waals surface area contributed by atoms with Gasteiger partial charge in [0, 0.05) is 16.6 Å². The number of amides is 2. The van der Waals surface area contributed by atoms with Crippen molar-refractivity contribution < 1.29 is 14.0 Å². The summed E-state index contributed by atoms with van der Waals surface area (Å²) in [6.45, 7) is 0.205. The van der Waals surface area contributed by atoms with Gasteiger partial charge in [0.25, 0.3) is 0 Å². The van der Waals surface area contributed by atoms with Gasteiger partial charge in [0.15, 0.2) is 0 Å². The van der Waals surface area contributed by atoms with Crippen LogP contribution in [0.1, 0.15) is 12.0 Å². The van der Waals surface area contributed by atoms with Crippen LogP contribution < -0.4 is 10.6 Å². The predicted molar refractivity (Wildman–Crippen MR) is 62.5 cm³/mol. The van der Waals surface area contributed by atoms with E-state index in [1.54, 1.807) is 12.1 Å². The van der Waals surface area contributed by atoms with E-state index in [1.165, 1.54) is 6.07 Å². The lowest BCUT2D eigenvalue weighted by Crippen LogP contribution is -2.36. The molecule has 0 saturated carbocycles. The first kappa shape index (κ1) is 12.2. The molecule has 0 radical (unpaired) electrons. The van der Waals surface area contributed by atoms with Crippen molar-refractivity contribution >= 4 is 27.7 Å². The van der Waals surface area contributed by atoms with E-state index >= 15 is 0 Å². The molecule has 17 heavy (non-hydrogen) atoms. The van der Waals surface area contributed by atoms with Gasteiger partial charge in [-0.05, 0) is 18.2 Å². The van der Waals surface area contributed by atoms with E-state index in [4.69, 9.17) is 0 Å². The number of hydrogen-bond acceptors (Lipinski definition) is 3. The molecule has 1 aliphatic rings. The molecule has 0 spiro atoms. The molecular formula is C11H10BrFN2O2. The molecule has 1 saturated heterocycles. The maximum atomic E-state index is 13.4. The van der Waals surface area contributed by atoms with Crippen LogP contribution in [0, 0.1) is 5.82 Å². The molecule has 1 unspecified atom stereocenters. The van der Waals surface area contributed by atoms with Gasteiger partial charge in [0.1, 0.15) is 5.82 Å². The van der Waals surface area contributed by atoms with Crippen LogP contribution >= 0.6 is 15.9 Å². The van der Waals surface area contributed by atoms with Crippen molar-refractivity contribution in [3.05, 3.63) is 34.1 Å². The standard InChI is InChI=1S/C11H10BrFN2O2/c12-7-1-2-8(13)6(3-7)5-14-9-4-10(16)15-11(9)17/h1-3,9,14H,4-5H2,(H,15,16,17). The van der Waals surface area contributed by atoms with Crippen LogP contribution in [0.4, 0.5) is 4.39 Å². The van der Waals surface area contributed by atoms with Gasteiger partial charge < -0.3 is 5.32 Å². The Bertz CT molecular complexity index is 479. The minimum atomic E-state index is -0.569. The molecule has 1 aromatic rings. The summed E-state index contributed by atoms with van der Waals surface area (Å²) in [6, 6.07) is 4.02. The summed E-state index contributed by atoms with van der Waals surface area (Å²) in [5.74, 6) is -1.00. The Morgan fingerprint density at radius 3 is 2.88 bits per heavy atom. The molecule has 6 heteroatoms. The SMILES string of the molecule is O=C1CC(NCc2cc(Br)ccc2F)C(=O)N1. The highest BCUT2D eigenvalue weighted by Gasteiger charge is 2.29. The predicted octanol–water partition coefficient (Wildman–Crippen LogP) is 1.09. The van der Waals surface area contributed by atoms with Crippen molar-refractivity contribution in [2.75, 3.05) is 0 Å². The monoisotopic (exact) mass is 300 g/mol. The molecule has 2 N–H and O–H groups in total. The zero-order valence-corrected chi connectivity index (χ0v) is 10.4. The molecule has 0 aromatic heterocycles. The normalized spacial score (nSPS) is 19.5. The summed E-state index contributed by atoms with van der Waals surface area (Å²) in [4.78, 5) is 22.2. The number of benzene rings is 1. The fraction of sp³-hybridized carbons (Fsp3) is 0.273. The molecule has 1 atom stereocenters. The smallest absolute Gasteiger partial charge is 0.244 e. The van der Waals surface area contributed by atoms with Crippen molar-refractivity contribution in [1.82, 2.24) is 10.6 Å². The first-order valence-corrected chi connectivity index (χ1v) is 5.86. The summed E-state index contributed by atoms with van der Waals surface area (Å²) in [5, 5.41) is 5.04. The molecular weight excluding hydrogens is 291 g/mol. The summed E-state index contributed by atoms with van der Waals surface area (Å²) in [5.41, 5.74) is 0.450. The maximum Gasteiger partial charge on any atom is 0.244 e. The zero-order chi connectivity index (χ0) is 12.4. The first-order valence-electron chi connectivity index (χ1n) is 5.07. The third kappa shape index (κ3) is 2.89. The largest absolute Gasteiger partial charge is 0.301 e. The Hall–Kier alpha value is -1.27. The second-order valence-corrected chi connectivity index (χ2v) is 4.70. The number of carbonyl (C=O) groups is 2. The molecule has 0 bridgehead atoms. The van der Waals surface area contributed by atoms with Crippen LogP contribution in [-0.4, -0.2) is 17.9 Å². The van der Waals surface area contributed by atoms with Crippen LogP contribution in [-0.2, 0) is 16.1 Å². The number of nitrogens with one attached hydrogen (secondary N) is 2. The summed E-state index contributed by atoms with van der Waals surface area (Å²) < 4.78 is 14.2. The van der Waals surface area contributed by atoms with Crippen LogP contribution in [0.25, 0.3) is 0 Å². The number of rotatable bonds is 3. The number of halogens is 2. The van der Waals surface area contributed by atoms with Gasteiger partial charge in [-0.25, -0.2) is 4.39 Å². The minimum absolute atomic E-state index is 0.106. The van der Waals surface area contributed by atoms with E-state index in [2.05, 4.69) is 26.6 Å². The highest BCUT2D eigenvalue weighted by Crippen LogP contribution is 2.15. The summed E-state index contributed by atoms with van der Waals surface area (Å²) in [7, 11) is 0. The zero-order valence-electron chi connectivity index (χ0n) is 8.80. The van der Waals surface area contributed by atoms with Crippen LogP contribution in [0.3, 0.4) is 0 Å². The molecule has 4 nitrogen and oxygen atoms in total. The first-order chi connectivity index (χ1) is 8.06. The minimum Gasteiger partial charge on any atom is -0.301 e. The van der Waals surface area contributed by atoms with Crippen molar-refractivity contribution in [1.29, 1.82) is 0 Å². The van der Waals surface area contributed by atoms with E-state index in [0.29, 0.717) is 5.56 Å². The van der Waals surface area contributed by atoms with Crippen molar-refractivity contribution in [3.63, 3.8) is 0 Å². The lowest BCUT2D eigenvalue weighted by atomic mass is 10.2. The van der Waals surface area contributed by atoms with Gasteiger partial charge in [0.05, 0.1) is 12.5 Å². The third-order valence-electron chi connectivity index (χ3n) is 2.52. The van der Waals surface area contributed by atoms with Gasteiger partial charge in [-0.2, -0.15) is 0 Å². The fourth-order valence-electron chi connectivity index (χ4n) is 1.63. The Morgan fingerprint density at radius 1 is 1.47 bits per heavy atom. The van der Waals surface area contributed by atoms with E-state index in [0.717, 1.165) is 4.47 Å². The molecule has 0 aliphatic carbocycles. The Labute approximate surface area is 106 Å². The van der Waals surface area contributed by atoms with Gasteiger partial charge in [-0.3, -0.25) is 14.9 Å². The molecule has 2 rings (SSSR count). The second-order valence-electron chi connectivity index (χ2n) is 3.79. The molecule has 1 heterocycles. The summed E-state index contributed by atoms with van der Waals surface area (Å²) >= 11 is 3.24. The lowest BCUT2D eigenvalue weighted by molar-refractivity contribution is -0.125. The van der Waals surface area contributed by atoms with Gasteiger partial charge in [-0.15, -0.1) is 0 Å². The highest BCUT2D eigenvalue weighted by molar-refractivity contribution is 9.10. The van der Waals surface area contributed by atoms with Gasteiger partial charge in [-0.1, -0.05) is 15.9 Å². The third-order valence-corrected chi connectivity index (χ3v) is 3.01. The van der Waals surface area contributed by atoms with Crippen LogP contribution in [0.2, 0.25) is 0 Å². The van der Waals surface area contributed by atoms with Crippen molar-refractivity contribution in [3.8, 4) is 0 Å². The number of carbonyl (C=O) groups excluding carboxylic acids is 2. The average Bonchev–Trinajstić information content (AvgIpc) is 2.59. The fourth-order valence-corrected chi connectivity index (χ4v) is 2.04. The maximum absolute atomic E-state index is 13.4. The average molecular weight is 301 g/mol. The number of imide groups is 1. The quantitative estimate of drug-likeness (QED) is 0.822. The molecule has 90 valence electrons. The molecule has 1 fully saturated rings. The van der Waals surface area contributed by atoms with Gasteiger partial charge >= 0.3 is 0 Å². The van der Waals surface area contributed by atoms with Crippen molar-refractivity contribution in [2.24, 2.45) is 0 Å². The summed E-state index contributed by atoms with van der Waals surface area (Å²) in [6.07, 6.45) is 0.106. The van der Waals surface area contributed by atoms with E-state index in [-0.39, 0.29) is 30.6 Å². The second kappa shape index (κ2) is 4.93. The van der Waals surface area contributed by atoms with E-state index in [9.17, 15) is 14.0 Å². The topological polar surface area (TPSA) is 58.2 Å². The Balaban J connectivity index is 2.00. The van der Waals surface area contributed by atoms with Crippen LogP contribution in [0.15, 0.2) is 22.7 Å². The Kier molecular flexibility index (Phi) is 3.54. The van der Waals surface area contributed by atoms with Crippen LogP contribution in [0.5, 0.6) is 0 Å². The molecule has 1 aromatic carbocycles. The highest BCUT2D eigenvalue weighted by atomic mass is 79.9. The Morgan fingerprint density at radius 2 is 2.24 bits per heavy atom. The van der Waals surface area contributed by atoms with E-state index < -0.39 is 6.04 Å².